The molecular formula is C14H22ClN3O. The van der Waals surface area contributed by atoms with Gasteiger partial charge in [-0.1, -0.05) is 11.6 Å². The fraction of sp³-hybridized carbons (Fsp3) is 0.786. The van der Waals surface area contributed by atoms with E-state index >= 15 is 0 Å². The number of hydrogen-bond donors (Lipinski definition) is 1. The molecule has 0 aliphatic carbocycles. The summed E-state index contributed by atoms with van der Waals surface area (Å²) in [7, 11) is 2.22. The topological polar surface area (TPSA) is 41.3 Å². The van der Waals surface area contributed by atoms with E-state index < -0.39 is 6.10 Å². The van der Waals surface area contributed by atoms with Crippen LogP contribution in [0.4, 0.5) is 0 Å². The van der Waals surface area contributed by atoms with Crippen LogP contribution in [0.5, 0.6) is 0 Å². The van der Waals surface area contributed by atoms with Gasteiger partial charge in [-0.05, 0) is 45.6 Å². The number of hydrogen-bond acceptors (Lipinski definition) is 3. The molecule has 3 unspecified atom stereocenters. The molecule has 4 nitrogen and oxygen atoms in total. The Morgan fingerprint density at radius 2 is 2.05 bits per heavy atom. The summed E-state index contributed by atoms with van der Waals surface area (Å²) in [6, 6.07) is 1.27. The molecule has 2 saturated heterocycles. The third-order valence-electron chi connectivity index (χ3n) is 4.99. The van der Waals surface area contributed by atoms with Gasteiger partial charge < -0.3 is 10.0 Å². The molecule has 5 heteroatoms. The van der Waals surface area contributed by atoms with Crippen molar-refractivity contribution in [3.8, 4) is 0 Å². The lowest BCUT2D eigenvalue weighted by Gasteiger charge is -2.38. The van der Waals surface area contributed by atoms with E-state index in [4.69, 9.17) is 11.6 Å². The number of aryl methyl sites for hydroxylation is 1. The molecule has 0 aromatic carbocycles. The van der Waals surface area contributed by atoms with Gasteiger partial charge in [-0.25, -0.2) is 0 Å². The Kier molecular flexibility index (Phi) is 3.58. The first-order valence-corrected chi connectivity index (χ1v) is 7.60. The van der Waals surface area contributed by atoms with Crippen LogP contribution in [-0.2, 0) is 6.54 Å². The molecule has 3 atom stereocenters. The van der Waals surface area contributed by atoms with Gasteiger partial charge in [0.25, 0.3) is 0 Å². The number of aliphatic hydroxyl groups is 1. The highest BCUT2D eigenvalue weighted by Crippen LogP contribution is 2.43. The molecule has 0 spiro atoms. The summed E-state index contributed by atoms with van der Waals surface area (Å²) in [5, 5.41) is 15.5. The molecule has 1 aromatic heterocycles. The maximum Gasteiger partial charge on any atom is 0.100 e. The molecule has 1 aromatic rings. The summed E-state index contributed by atoms with van der Waals surface area (Å²) < 4.78 is 1.83. The Balaban J connectivity index is 1.81. The van der Waals surface area contributed by atoms with Gasteiger partial charge in [0, 0.05) is 18.6 Å². The van der Waals surface area contributed by atoms with Crippen LogP contribution >= 0.6 is 11.6 Å². The summed E-state index contributed by atoms with van der Waals surface area (Å²) in [5.41, 5.74) is 0.804. The normalized spacial score (nSPS) is 32.7. The van der Waals surface area contributed by atoms with Crippen molar-refractivity contribution in [2.45, 2.75) is 57.3 Å². The lowest BCUT2D eigenvalue weighted by atomic mass is 9.85. The minimum absolute atomic E-state index is 0.313. The first-order valence-electron chi connectivity index (χ1n) is 7.23. The SMILES string of the molecule is CCn1ncc(Cl)c1C(O)C1CC2CCC(C1)N2C. The zero-order valence-corrected chi connectivity index (χ0v) is 12.3. The second-order valence-corrected chi connectivity index (χ2v) is 6.33. The van der Waals surface area contributed by atoms with Crippen molar-refractivity contribution >= 4 is 11.6 Å². The van der Waals surface area contributed by atoms with Crippen LogP contribution in [0.25, 0.3) is 0 Å². The fourth-order valence-electron chi connectivity index (χ4n) is 3.85. The second kappa shape index (κ2) is 5.08. The molecule has 2 aliphatic rings. The number of fused-ring (bicyclic) bond motifs is 2. The van der Waals surface area contributed by atoms with E-state index in [1.165, 1.54) is 12.8 Å². The second-order valence-electron chi connectivity index (χ2n) is 5.92. The number of aliphatic hydroxyl groups excluding tert-OH is 1. The Morgan fingerprint density at radius 1 is 1.42 bits per heavy atom. The summed E-state index contributed by atoms with van der Waals surface area (Å²) >= 11 is 6.20. The van der Waals surface area contributed by atoms with Crippen molar-refractivity contribution in [2.24, 2.45) is 5.92 Å². The van der Waals surface area contributed by atoms with Gasteiger partial charge in [0.2, 0.25) is 0 Å². The van der Waals surface area contributed by atoms with Crippen molar-refractivity contribution in [1.29, 1.82) is 0 Å². The van der Waals surface area contributed by atoms with E-state index in [0.717, 1.165) is 25.1 Å². The number of aromatic nitrogens is 2. The molecule has 19 heavy (non-hydrogen) atoms. The first kappa shape index (κ1) is 13.4. The predicted octanol–water partition coefficient (Wildman–Crippen LogP) is 2.46. The van der Waals surface area contributed by atoms with Crippen molar-refractivity contribution in [1.82, 2.24) is 14.7 Å². The number of rotatable bonds is 3. The predicted molar refractivity (Wildman–Crippen MR) is 75.2 cm³/mol. The third-order valence-corrected chi connectivity index (χ3v) is 5.29. The van der Waals surface area contributed by atoms with Gasteiger partial charge in [0.1, 0.15) is 6.10 Å². The van der Waals surface area contributed by atoms with Gasteiger partial charge >= 0.3 is 0 Å². The molecule has 0 amide bonds. The molecule has 106 valence electrons. The molecule has 0 radical (unpaired) electrons. The number of nitrogens with zero attached hydrogens (tertiary/aromatic N) is 3. The summed E-state index contributed by atoms with van der Waals surface area (Å²) in [4.78, 5) is 2.49. The average molecular weight is 284 g/mol. The molecule has 2 aliphatic heterocycles. The Labute approximate surface area is 119 Å². The zero-order valence-electron chi connectivity index (χ0n) is 11.6. The quantitative estimate of drug-likeness (QED) is 0.926. The Morgan fingerprint density at radius 3 is 2.63 bits per heavy atom. The largest absolute Gasteiger partial charge is 0.386 e. The highest BCUT2D eigenvalue weighted by Gasteiger charge is 2.41. The smallest absolute Gasteiger partial charge is 0.100 e. The minimum atomic E-state index is -0.480. The molecule has 2 fully saturated rings. The fourth-order valence-corrected chi connectivity index (χ4v) is 4.11. The van der Waals surface area contributed by atoms with Crippen LogP contribution in [0.1, 0.15) is 44.4 Å². The van der Waals surface area contributed by atoms with Gasteiger partial charge in [-0.3, -0.25) is 4.68 Å². The van der Waals surface area contributed by atoms with E-state index in [1.54, 1.807) is 6.20 Å². The molecule has 2 bridgehead atoms. The Hall–Kier alpha value is -0.580. The lowest BCUT2D eigenvalue weighted by molar-refractivity contribution is 0.0308. The van der Waals surface area contributed by atoms with Crippen molar-refractivity contribution in [3.05, 3.63) is 16.9 Å². The number of piperidine rings is 1. The highest BCUT2D eigenvalue weighted by molar-refractivity contribution is 6.31. The van der Waals surface area contributed by atoms with Crippen LogP contribution in [0.2, 0.25) is 5.02 Å². The monoisotopic (exact) mass is 283 g/mol. The highest BCUT2D eigenvalue weighted by atomic mass is 35.5. The van der Waals surface area contributed by atoms with Crippen molar-refractivity contribution < 1.29 is 5.11 Å². The van der Waals surface area contributed by atoms with Crippen LogP contribution in [0.15, 0.2) is 6.20 Å². The van der Waals surface area contributed by atoms with Crippen LogP contribution in [-0.4, -0.2) is 38.9 Å². The van der Waals surface area contributed by atoms with Crippen LogP contribution in [0.3, 0.4) is 0 Å². The standard InChI is InChI=1S/C14H22ClN3O/c1-3-18-13(12(15)8-16-18)14(19)9-6-10-4-5-11(7-9)17(10)2/h8-11,14,19H,3-7H2,1-2H3. The third kappa shape index (κ3) is 2.20. The maximum absolute atomic E-state index is 10.7. The van der Waals surface area contributed by atoms with Gasteiger partial charge in [0.05, 0.1) is 16.9 Å². The molecule has 0 saturated carbocycles. The van der Waals surface area contributed by atoms with Crippen LogP contribution in [0, 0.1) is 5.92 Å². The first-order chi connectivity index (χ1) is 9.11. The Bertz CT molecular complexity index is 448. The minimum Gasteiger partial charge on any atom is -0.386 e. The van der Waals surface area contributed by atoms with E-state index in [-0.39, 0.29) is 0 Å². The van der Waals surface area contributed by atoms with E-state index in [1.807, 2.05) is 11.6 Å². The molecule has 1 N–H and O–H groups in total. The van der Waals surface area contributed by atoms with E-state index in [9.17, 15) is 5.11 Å². The van der Waals surface area contributed by atoms with Crippen LogP contribution < -0.4 is 0 Å². The van der Waals surface area contributed by atoms with Gasteiger partial charge in [0.15, 0.2) is 0 Å². The van der Waals surface area contributed by atoms with Gasteiger partial charge in [-0.15, -0.1) is 0 Å². The maximum atomic E-state index is 10.7. The summed E-state index contributed by atoms with van der Waals surface area (Å²) in [6.45, 7) is 2.77. The molecular weight excluding hydrogens is 262 g/mol. The summed E-state index contributed by atoms with van der Waals surface area (Å²) in [5.74, 6) is 0.313. The zero-order chi connectivity index (χ0) is 13.6. The van der Waals surface area contributed by atoms with Crippen molar-refractivity contribution in [3.63, 3.8) is 0 Å². The van der Waals surface area contributed by atoms with Crippen molar-refractivity contribution in [2.75, 3.05) is 7.05 Å². The van der Waals surface area contributed by atoms with E-state index in [0.29, 0.717) is 23.0 Å². The van der Waals surface area contributed by atoms with Gasteiger partial charge in [-0.2, -0.15) is 5.10 Å². The lowest BCUT2D eigenvalue weighted by Crippen LogP contribution is -2.41. The molecule has 3 rings (SSSR count). The molecule has 3 heterocycles. The average Bonchev–Trinajstić information content (AvgIpc) is 2.84. The van der Waals surface area contributed by atoms with E-state index in [2.05, 4.69) is 17.0 Å². The summed E-state index contributed by atoms with van der Waals surface area (Å²) in [6.07, 6.45) is 5.84. The number of halogens is 1.